The number of carboxylic acids is 1. The third-order valence-electron chi connectivity index (χ3n) is 3.54. The van der Waals surface area contributed by atoms with Crippen molar-refractivity contribution in [2.24, 2.45) is 17.2 Å². The van der Waals surface area contributed by atoms with E-state index in [2.05, 4.69) is 0 Å². The fraction of sp³-hybridized carbons (Fsp3) is 0.500. The molecule has 26 heavy (non-hydrogen) atoms. The fourth-order valence-electron chi connectivity index (χ4n) is 1.97. The summed E-state index contributed by atoms with van der Waals surface area (Å²) >= 11 is 5.55. The molecule has 1 aromatic carbocycles. The summed E-state index contributed by atoms with van der Waals surface area (Å²) in [5.74, 6) is -1.05. The van der Waals surface area contributed by atoms with Crippen LogP contribution in [0.1, 0.15) is 42.5 Å². The van der Waals surface area contributed by atoms with E-state index in [1.165, 1.54) is 44.2 Å². The number of hydrogen-bond acceptors (Lipinski definition) is 7. The number of nitro benzene ring substituents is 1. The van der Waals surface area contributed by atoms with E-state index in [4.69, 9.17) is 33.9 Å². The zero-order valence-corrected chi connectivity index (χ0v) is 15.1. The number of nitro groups is 1. The van der Waals surface area contributed by atoms with Crippen LogP contribution in [0.15, 0.2) is 18.2 Å². The summed E-state index contributed by atoms with van der Waals surface area (Å²) in [5, 5.41) is 18.4. The van der Waals surface area contributed by atoms with Crippen LogP contribution in [-0.4, -0.2) is 40.9 Å². The highest BCUT2D eigenvalue weighted by molar-refractivity contribution is 6.33. The molecular weight excluding hydrogens is 364 g/mol. The Morgan fingerprint density at radius 2 is 1.96 bits per heavy atom. The lowest BCUT2D eigenvalue weighted by Crippen LogP contribution is -2.37. The second-order valence-corrected chi connectivity index (χ2v) is 6.07. The molecule has 0 spiro atoms. The summed E-state index contributed by atoms with van der Waals surface area (Å²) in [7, 11) is 0. The molecule has 0 aliphatic heterocycles. The van der Waals surface area contributed by atoms with E-state index in [-0.39, 0.29) is 22.8 Å². The Kier molecular flexibility index (Phi) is 12.1. The normalized spacial score (nSPS) is 14.8. The Hall–Kier alpha value is -2.07. The molecule has 0 amide bonds. The Morgan fingerprint density at radius 1 is 1.38 bits per heavy atom. The van der Waals surface area contributed by atoms with E-state index in [9.17, 15) is 19.7 Å². The van der Waals surface area contributed by atoms with Gasteiger partial charge in [0.2, 0.25) is 0 Å². The molecule has 0 radical (unpaired) electrons. The van der Waals surface area contributed by atoms with Gasteiger partial charge in [-0.2, -0.15) is 0 Å². The topological polar surface area (TPSA) is 176 Å². The van der Waals surface area contributed by atoms with E-state index in [0.29, 0.717) is 12.3 Å². The van der Waals surface area contributed by atoms with E-state index in [0.717, 1.165) is 6.07 Å². The molecule has 0 unspecified atom stereocenters. The van der Waals surface area contributed by atoms with Crippen molar-refractivity contribution in [2.45, 2.75) is 44.2 Å². The highest BCUT2D eigenvalue weighted by Gasteiger charge is 2.08. The zero-order chi connectivity index (χ0) is 20.1. The third kappa shape index (κ3) is 10.0. The van der Waals surface area contributed by atoms with Gasteiger partial charge in [0.1, 0.15) is 6.04 Å². The predicted molar refractivity (Wildman–Crippen MR) is 99.2 cm³/mol. The van der Waals surface area contributed by atoms with Gasteiger partial charge in [-0.1, -0.05) is 30.9 Å². The maximum atomic E-state index is 10.3. The number of halogens is 1. The molecular formula is C16H25ClN4O5. The first-order valence-electron chi connectivity index (χ1n) is 8.06. The van der Waals surface area contributed by atoms with Gasteiger partial charge in [-0.25, -0.2) is 0 Å². The number of rotatable bonds is 4. The number of nitrogens with two attached hydrogens (primary N) is 3. The number of carboxylic acid groups (broad SMARTS) is 1. The van der Waals surface area contributed by atoms with Crippen LogP contribution in [0.2, 0.25) is 5.02 Å². The van der Waals surface area contributed by atoms with Crippen LogP contribution in [0, 0.1) is 10.1 Å². The van der Waals surface area contributed by atoms with Crippen molar-refractivity contribution >= 4 is 29.5 Å². The van der Waals surface area contributed by atoms with Crippen molar-refractivity contribution in [2.75, 3.05) is 6.54 Å². The first-order chi connectivity index (χ1) is 12.2. The number of benzene rings is 1. The Morgan fingerprint density at radius 3 is 2.27 bits per heavy atom. The van der Waals surface area contributed by atoms with Crippen molar-refractivity contribution in [3.63, 3.8) is 0 Å². The van der Waals surface area contributed by atoms with Crippen LogP contribution in [0.3, 0.4) is 0 Å². The Bertz CT molecular complexity index is 594. The smallest absolute Gasteiger partial charge is 0.321 e. The highest BCUT2D eigenvalue weighted by Crippen LogP contribution is 2.20. The number of aliphatic carboxylic acids is 1. The average Bonchev–Trinajstić information content (AvgIpc) is 2.62. The van der Waals surface area contributed by atoms with E-state index >= 15 is 0 Å². The van der Waals surface area contributed by atoms with Gasteiger partial charge in [-0.15, -0.1) is 0 Å². The van der Waals surface area contributed by atoms with Gasteiger partial charge in [-0.05, 0) is 18.9 Å². The van der Waals surface area contributed by atoms with Gasteiger partial charge >= 0.3 is 5.97 Å². The lowest BCUT2D eigenvalue weighted by Gasteiger charge is -2.15. The minimum Gasteiger partial charge on any atom is -0.480 e. The van der Waals surface area contributed by atoms with E-state index in [1.807, 2.05) is 0 Å². The maximum Gasteiger partial charge on any atom is 0.321 e. The largest absolute Gasteiger partial charge is 0.480 e. The van der Waals surface area contributed by atoms with Crippen LogP contribution < -0.4 is 17.2 Å². The summed E-state index contributed by atoms with van der Waals surface area (Å²) in [5.41, 5.74) is 15.4. The lowest BCUT2D eigenvalue weighted by atomic mass is 9.97. The lowest BCUT2D eigenvalue weighted by molar-refractivity contribution is -0.384. The third-order valence-corrected chi connectivity index (χ3v) is 3.88. The van der Waals surface area contributed by atoms with E-state index < -0.39 is 16.9 Å². The van der Waals surface area contributed by atoms with Crippen LogP contribution in [-0.2, 0) is 4.79 Å². The molecule has 1 fully saturated rings. The zero-order valence-electron chi connectivity index (χ0n) is 14.3. The van der Waals surface area contributed by atoms with Gasteiger partial charge < -0.3 is 22.3 Å². The van der Waals surface area contributed by atoms with Crippen molar-refractivity contribution in [3.05, 3.63) is 38.9 Å². The van der Waals surface area contributed by atoms with Crippen LogP contribution in [0.5, 0.6) is 0 Å². The molecule has 2 rings (SSSR count). The van der Waals surface area contributed by atoms with Crippen molar-refractivity contribution in [3.8, 4) is 0 Å². The SMILES string of the molecule is NC1CCCCC1.NC[C@H](N)C(=O)O.O=Cc1cc([N+](=O)[O-])ccc1Cl. The molecule has 1 aromatic rings. The first-order valence-corrected chi connectivity index (χ1v) is 8.43. The summed E-state index contributed by atoms with van der Waals surface area (Å²) < 4.78 is 0. The van der Waals surface area contributed by atoms with Gasteiger partial charge in [0, 0.05) is 30.3 Å². The monoisotopic (exact) mass is 388 g/mol. The standard InChI is InChI=1S/C7H4ClNO3.C6H13N.C3H8N2O2/c8-7-2-1-6(9(11)12)3-5(7)4-10;7-6-4-2-1-3-5-6;4-1-2(5)3(6)7/h1-4H;6H,1-5,7H2;2H,1,4-5H2,(H,6,7)/t;;2-/m..0/s1. The van der Waals surface area contributed by atoms with Crippen LogP contribution in [0.4, 0.5) is 5.69 Å². The number of carbonyl (C=O) groups is 2. The number of non-ortho nitro benzene ring substituents is 1. The number of nitrogens with zero attached hydrogens (tertiary/aromatic N) is 1. The minimum absolute atomic E-state index is 0.00463. The van der Waals surface area contributed by atoms with Crippen molar-refractivity contribution in [1.82, 2.24) is 0 Å². The molecule has 146 valence electrons. The van der Waals surface area contributed by atoms with Gasteiger partial charge in [0.15, 0.2) is 6.29 Å². The van der Waals surface area contributed by atoms with Crippen molar-refractivity contribution < 1.29 is 19.6 Å². The number of aldehydes is 1. The van der Waals surface area contributed by atoms with Crippen LogP contribution >= 0.6 is 11.6 Å². The molecule has 1 aliphatic carbocycles. The quantitative estimate of drug-likeness (QED) is 0.342. The highest BCUT2D eigenvalue weighted by atomic mass is 35.5. The molecule has 0 aromatic heterocycles. The van der Waals surface area contributed by atoms with Crippen LogP contribution in [0.25, 0.3) is 0 Å². The second kappa shape index (κ2) is 13.2. The predicted octanol–water partition coefficient (Wildman–Crippen LogP) is 1.70. The molecule has 1 atom stereocenters. The van der Waals surface area contributed by atoms with Gasteiger partial charge in [0.25, 0.3) is 5.69 Å². The molecule has 9 nitrogen and oxygen atoms in total. The number of hydrogen-bond donors (Lipinski definition) is 4. The van der Waals surface area contributed by atoms with Gasteiger partial charge in [-0.3, -0.25) is 19.7 Å². The average molecular weight is 389 g/mol. The summed E-state index contributed by atoms with van der Waals surface area (Å²) in [6.45, 7) is -0.00463. The number of carbonyl (C=O) groups excluding carboxylic acids is 1. The molecule has 1 aliphatic rings. The minimum atomic E-state index is -1.05. The summed E-state index contributed by atoms with van der Waals surface area (Å²) in [6, 6.07) is 3.34. The molecule has 7 N–H and O–H groups in total. The molecule has 0 heterocycles. The van der Waals surface area contributed by atoms with Crippen molar-refractivity contribution in [1.29, 1.82) is 0 Å². The molecule has 0 saturated heterocycles. The van der Waals surface area contributed by atoms with E-state index in [1.54, 1.807) is 0 Å². The summed E-state index contributed by atoms with van der Waals surface area (Å²) in [4.78, 5) is 29.7. The Labute approximate surface area is 156 Å². The Balaban J connectivity index is 0.000000385. The fourth-order valence-corrected chi connectivity index (χ4v) is 2.13. The van der Waals surface area contributed by atoms with Gasteiger partial charge in [0.05, 0.1) is 9.95 Å². The first kappa shape index (κ1) is 23.9. The molecule has 0 bridgehead atoms. The summed E-state index contributed by atoms with van der Waals surface area (Å²) in [6.07, 6.45) is 7.14. The molecule has 1 saturated carbocycles. The molecule has 10 heteroatoms. The second-order valence-electron chi connectivity index (χ2n) is 5.66. The maximum absolute atomic E-state index is 10.3.